The molecular formula is C22H29N4O2S+. The number of carbonyl (C=O) groups is 1. The van der Waals surface area contributed by atoms with Crippen molar-refractivity contribution in [3.63, 3.8) is 0 Å². The number of rotatable bonds is 9. The topological polar surface area (TPSA) is 72.5 Å². The number of hydrogen-bond acceptors (Lipinski definition) is 5. The average Bonchev–Trinajstić information content (AvgIpc) is 3.39. The van der Waals surface area contributed by atoms with Crippen LogP contribution in [-0.4, -0.2) is 28.7 Å². The SMILES string of the molecule is CCC[NH+](Cc1nnc(-c2cccs2)o1)[C@@H](C)C(=O)Nc1ccc(C(C)C)cc1. The van der Waals surface area contributed by atoms with Gasteiger partial charge in [-0.25, -0.2) is 0 Å². The Labute approximate surface area is 176 Å². The molecular weight excluding hydrogens is 384 g/mol. The third-order valence-corrected chi connectivity index (χ3v) is 5.86. The molecule has 2 N–H and O–H groups in total. The molecule has 7 heteroatoms. The van der Waals surface area contributed by atoms with Gasteiger partial charge in [0.15, 0.2) is 12.6 Å². The molecule has 2 heterocycles. The average molecular weight is 414 g/mol. The molecule has 3 aromatic rings. The smallest absolute Gasteiger partial charge is 0.282 e. The Hall–Kier alpha value is -2.51. The Morgan fingerprint density at radius 3 is 2.55 bits per heavy atom. The maximum Gasteiger partial charge on any atom is 0.282 e. The second-order valence-electron chi connectivity index (χ2n) is 7.55. The van der Waals surface area contributed by atoms with Crippen molar-refractivity contribution in [2.75, 3.05) is 11.9 Å². The summed E-state index contributed by atoms with van der Waals surface area (Å²) in [6.45, 7) is 9.73. The van der Waals surface area contributed by atoms with Crippen molar-refractivity contribution in [3.8, 4) is 10.8 Å². The molecule has 1 amide bonds. The molecule has 0 spiro atoms. The summed E-state index contributed by atoms with van der Waals surface area (Å²) < 4.78 is 5.82. The Balaban J connectivity index is 1.65. The molecule has 2 atom stereocenters. The second kappa shape index (κ2) is 9.80. The van der Waals surface area contributed by atoms with E-state index in [0.29, 0.717) is 24.2 Å². The third kappa shape index (κ3) is 5.52. The molecule has 0 saturated carbocycles. The highest BCUT2D eigenvalue weighted by molar-refractivity contribution is 7.13. The van der Waals surface area contributed by atoms with Crippen LogP contribution in [0.15, 0.2) is 46.2 Å². The third-order valence-electron chi connectivity index (χ3n) is 5.00. The number of carbonyl (C=O) groups excluding carboxylic acids is 1. The van der Waals surface area contributed by atoms with E-state index in [9.17, 15) is 4.79 Å². The highest BCUT2D eigenvalue weighted by atomic mass is 32.1. The van der Waals surface area contributed by atoms with Crippen LogP contribution in [0.1, 0.15) is 51.5 Å². The van der Waals surface area contributed by atoms with Crippen LogP contribution in [0.3, 0.4) is 0 Å². The molecule has 0 fully saturated rings. The Morgan fingerprint density at radius 1 is 1.17 bits per heavy atom. The molecule has 0 aliphatic heterocycles. The largest absolute Gasteiger partial charge is 0.414 e. The van der Waals surface area contributed by atoms with Crippen molar-refractivity contribution >= 4 is 22.9 Å². The van der Waals surface area contributed by atoms with Crippen molar-refractivity contribution in [1.29, 1.82) is 0 Å². The molecule has 2 aromatic heterocycles. The van der Waals surface area contributed by atoms with E-state index in [0.717, 1.165) is 28.4 Å². The van der Waals surface area contributed by atoms with Crippen LogP contribution in [-0.2, 0) is 11.3 Å². The van der Waals surface area contributed by atoms with Crippen LogP contribution in [0.25, 0.3) is 10.8 Å². The van der Waals surface area contributed by atoms with Gasteiger partial charge >= 0.3 is 0 Å². The van der Waals surface area contributed by atoms with E-state index in [1.54, 1.807) is 11.3 Å². The first kappa shape index (κ1) is 21.2. The molecule has 1 unspecified atom stereocenters. The minimum Gasteiger partial charge on any atom is -0.414 e. The summed E-state index contributed by atoms with van der Waals surface area (Å²) in [5.41, 5.74) is 2.08. The molecule has 0 saturated heterocycles. The molecule has 3 rings (SSSR count). The number of quaternary nitrogens is 1. The van der Waals surface area contributed by atoms with Crippen LogP contribution >= 0.6 is 11.3 Å². The van der Waals surface area contributed by atoms with Crippen molar-refractivity contribution in [2.45, 2.75) is 52.6 Å². The lowest BCUT2D eigenvalue weighted by Crippen LogP contribution is -3.15. The maximum atomic E-state index is 12.8. The fourth-order valence-corrected chi connectivity index (χ4v) is 3.83. The molecule has 154 valence electrons. The summed E-state index contributed by atoms with van der Waals surface area (Å²) in [6.07, 6.45) is 0.960. The van der Waals surface area contributed by atoms with Crippen molar-refractivity contribution in [3.05, 3.63) is 53.2 Å². The van der Waals surface area contributed by atoms with Gasteiger partial charge in [0, 0.05) is 5.69 Å². The van der Waals surface area contributed by atoms with Gasteiger partial charge in [-0.15, -0.1) is 21.5 Å². The van der Waals surface area contributed by atoms with Crippen molar-refractivity contribution in [2.24, 2.45) is 0 Å². The molecule has 0 aliphatic rings. The Morgan fingerprint density at radius 2 is 1.93 bits per heavy atom. The van der Waals surface area contributed by atoms with E-state index >= 15 is 0 Å². The Kier molecular flexibility index (Phi) is 7.17. The lowest BCUT2D eigenvalue weighted by molar-refractivity contribution is -0.928. The van der Waals surface area contributed by atoms with Gasteiger partial charge in [-0.3, -0.25) is 4.79 Å². The van der Waals surface area contributed by atoms with Gasteiger partial charge in [-0.05, 0) is 48.4 Å². The van der Waals surface area contributed by atoms with E-state index in [-0.39, 0.29) is 11.9 Å². The monoisotopic (exact) mass is 413 g/mol. The zero-order valence-electron chi connectivity index (χ0n) is 17.4. The Bertz CT molecular complexity index is 903. The molecule has 6 nitrogen and oxygen atoms in total. The molecule has 0 aliphatic carbocycles. The number of aromatic nitrogens is 2. The number of thiophene rings is 1. The fourth-order valence-electron chi connectivity index (χ4n) is 3.19. The number of nitrogens with zero attached hydrogens (tertiary/aromatic N) is 2. The molecule has 0 radical (unpaired) electrons. The highest BCUT2D eigenvalue weighted by Crippen LogP contribution is 2.22. The summed E-state index contributed by atoms with van der Waals surface area (Å²) in [5, 5.41) is 13.3. The van der Waals surface area contributed by atoms with Gasteiger partial charge in [-0.2, -0.15) is 0 Å². The minimum absolute atomic E-state index is 0.0104. The second-order valence-corrected chi connectivity index (χ2v) is 8.50. The zero-order valence-corrected chi connectivity index (χ0v) is 18.3. The quantitative estimate of drug-likeness (QED) is 0.560. The maximum absolute atomic E-state index is 12.8. The lowest BCUT2D eigenvalue weighted by Gasteiger charge is -2.23. The summed E-state index contributed by atoms with van der Waals surface area (Å²) in [5.74, 6) is 1.55. The van der Waals surface area contributed by atoms with Crippen molar-refractivity contribution < 1.29 is 14.1 Å². The van der Waals surface area contributed by atoms with Crippen LogP contribution in [0.2, 0.25) is 0 Å². The molecule has 0 bridgehead atoms. The predicted octanol–water partition coefficient (Wildman–Crippen LogP) is 3.74. The van der Waals surface area contributed by atoms with E-state index in [4.69, 9.17) is 4.42 Å². The predicted molar refractivity (Wildman–Crippen MR) is 116 cm³/mol. The van der Waals surface area contributed by atoms with Crippen molar-refractivity contribution in [1.82, 2.24) is 10.2 Å². The molecule has 1 aromatic carbocycles. The first-order chi connectivity index (χ1) is 14.0. The minimum atomic E-state index is -0.239. The van der Waals surface area contributed by atoms with Gasteiger partial charge in [0.05, 0.1) is 11.4 Å². The lowest BCUT2D eigenvalue weighted by atomic mass is 10.0. The van der Waals surface area contributed by atoms with Crippen LogP contribution in [0.5, 0.6) is 0 Å². The standard InChI is InChI=1S/C22H28N4O2S/c1-5-12-26(14-20-24-25-22(28-20)19-7-6-13-29-19)16(4)21(27)23-18-10-8-17(9-11-18)15(2)3/h6-11,13,15-16H,5,12,14H2,1-4H3,(H,23,27)/p+1/t16-/m0/s1. The van der Waals surface area contributed by atoms with Gasteiger partial charge < -0.3 is 14.6 Å². The normalized spacial score (nSPS) is 13.4. The van der Waals surface area contributed by atoms with E-state index in [2.05, 4.69) is 48.4 Å². The summed E-state index contributed by atoms with van der Waals surface area (Å²) in [6, 6.07) is 11.7. The first-order valence-electron chi connectivity index (χ1n) is 10.1. The number of nitrogens with one attached hydrogen (secondary N) is 2. The van der Waals surface area contributed by atoms with Crippen LogP contribution in [0.4, 0.5) is 5.69 Å². The number of benzene rings is 1. The fraction of sp³-hybridized carbons (Fsp3) is 0.409. The van der Waals surface area contributed by atoms with Crippen LogP contribution < -0.4 is 10.2 Å². The first-order valence-corrected chi connectivity index (χ1v) is 11.0. The summed E-state index contributed by atoms with van der Waals surface area (Å²) in [4.78, 5) is 14.9. The van der Waals surface area contributed by atoms with Gasteiger partial charge in [-0.1, -0.05) is 39.0 Å². The summed E-state index contributed by atoms with van der Waals surface area (Å²) >= 11 is 1.57. The highest BCUT2D eigenvalue weighted by Gasteiger charge is 2.27. The van der Waals surface area contributed by atoms with E-state index in [1.807, 2.05) is 36.6 Å². The number of anilines is 1. The van der Waals surface area contributed by atoms with Gasteiger partial charge in [0.2, 0.25) is 0 Å². The summed E-state index contributed by atoms with van der Waals surface area (Å²) in [7, 11) is 0. The van der Waals surface area contributed by atoms with Gasteiger partial charge in [0.1, 0.15) is 0 Å². The van der Waals surface area contributed by atoms with E-state index < -0.39 is 0 Å². The zero-order chi connectivity index (χ0) is 20.8. The molecule has 29 heavy (non-hydrogen) atoms. The van der Waals surface area contributed by atoms with Gasteiger partial charge in [0.25, 0.3) is 17.7 Å². The number of amides is 1. The number of hydrogen-bond donors (Lipinski definition) is 2. The van der Waals surface area contributed by atoms with E-state index in [1.165, 1.54) is 5.56 Å². The van der Waals surface area contributed by atoms with Crippen LogP contribution in [0, 0.1) is 0 Å².